The van der Waals surface area contributed by atoms with Crippen molar-refractivity contribution in [3.8, 4) is 11.4 Å². The molecular formula is C24H20ClF3N4O. The summed E-state index contributed by atoms with van der Waals surface area (Å²) in [5.74, 6) is 0.606. The largest absolute Gasteiger partial charge is 0.416 e. The van der Waals surface area contributed by atoms with Crippen LogP contribution < -0.4 is 5.69 Å². The molecule has 0 bridgehead atoms. The summed E-state index contributed by atoms with van der Waals surface area (Å²) in [6.45, 7) is 0.238. The summed E-state index contributed by atoms with van der Waals surface area (Å²) in [7, 11) is 0. The number of halogens is 4. The van der Waals surface area contributed by atoms with Crippen molar-refractivity contribution in [3.63, 3.8) is 0 Å². The zero-order chi connectivity index (χ0) is 23.2. The Hall–Kier alpha value is -3.13. The molecule has 170 valence electrons. The first-order chi connectivity index (χ1) is 15.8. The normalized spacial score (nSPS) is 16.1. The summed E-state index contributed by atoms with van der Waals surface area (Å²) in [4.78, 5) is 17.5. The highest BCUT2D eigenvalue weighted by Crippen LogP contribution is 2.36. The van der Waals surface area contributed by atoms with E-state index in [4.69, 9.17) is 11.6 Å². The summed E-state index contributed by atoms with van der Waals surface area (Å²) in [5, 5.41) is 5.19. The van der Waals surface area contributed by atoms with Crippen molar-refractivity contribution in [2.24, 2.45) is 4.99 Å². The maximum atomic E-state index is 13.1. The lowest BCUT2D eigenvalue weighted by Gasteiger charge is -2.09. The van der Waals surface area contributed by atoms with Crippen molar-refractivity contribution >= 4 is 17.3 Å². The standard InChI is InChI=1S/C24H20ClF3N4O/c25-19-6-4-17(5-7-19)22-30-31(23(33)32(22)21-8-9-21)14-20-12-16(13-29-20)10-15-2-1-3-18(11-15)24(26,27)28/h1-7,11,13,21H,8-10,12,14H2. The van der Waals surface area contributed by atoms with Crippen LogP contribution in [0.1, 0.15) is 36.4 Å². The highest BCUT2D eigenvalue weighted by molar-refractivity contribution is 6.30. The predicted molar refractivity (Wildman–Crippen MR) is 120 cm³/mol. The molecule has 1 fully saturated rings. The van der Waals surface area contributed by atoms with E-state index in [0.29, 0.717) is 29.3 Å². The fourth-order valence-corrected chi connectivity index (χ4v) is 4.14. The van der Waals surface area contributed by atoms with Crippen LogP contribution in [0.25, 0.3) is 11.4 Å². The lowest BCUT2D eigenvalue weighted by Crippen LogP contribution is -2.27. The lowest BCUT2D eigenvalue weighted by molar-refractivity contribution is -0.137. The molecule has 0 saturated heterocycles. The molecule has 3 aromatic rings. The van der Waals surface area contributed by atoms with E-state index in [1.807, 2.05) is 12.1 Å². The van der Waals surface area contributed by atoms with E-state index in [2.05, 4.69) is 10.1 Å². The molecule has 0 N–H and O–H groups in total. The molecule has 0 spiro atoms. The van der Waals surface area contributed by atoms with Gasteiger partial charge in [0.15, 0.2) is 5.82 Å². The summed E-state index contributed by atoms with van der Waals surface area (Å²) in [6.07, 6.45) is 0.0585. The Labute approximate surface area is 192 Å². The number of rotatable bonds is 6. The molecule has 2 aromatic carbocycles. The third kappa shape index (κ3) is 4.66. The molecule has 0 amide bonds. The number of alkyl halides is 3. The van der Waals surface area contributed by atoms with Gasteiger partial charge in [-0.25, -0.2) is 9.48 Å². The molecule has 33 heavy (non-hydrogen) atoms. The van der Waals surface area contributed by atoms with Crippen LogP contribution in [0.4, 0.5) is 13.2 Å². The minimum atomic E-state index is -4.37. The molecule has 2 aliphatic rings. The number of nitrogens with zero attached hydrogens (tertiary/aromatic N) is 4. The molecule has 1 aliphatic carbocycles. The second kappa shape index (κ2) is 8.33. The minimum Gasteiger partial charge on any atom is -0.272 e. The van der Waals surface area contributed by atoms with Gasteiger partial charge in [0.2, 0.25) is 0 Å². The molecule has 1 aliphatic heterocycles. The number of allylic oxidation sites excluding steroid dienone is 1. The van der Waals surface area contributed by atoms with Gasteiger partial charge in [0.05, 0.1) is 12.1 Å². The first-order valence-corrected chi connectivity index (χ1v) is 11.0. The minimum absolute atomic E-state index is 0.150. The van der Waals surface area contributed by atoms with Crippen LogP contribution in [-0.2, 0) is 19.1 Å². The van der Waals surface area contributed by atoms with Crippen LogP contribution in [0.15, 0.2) is 70.1 Å². The van der Waals surface area contributed by atoms with Crippen LogP contribution in [0.5, 0.6) is 0 Å². The van der Waals surface area contributed by atoms with Gasteiger partial charge < -0.3 is 0 Å². The van der Waals surface area contributed by atoms with Gasteiger partial charge >= 0.3 is 11.9 Å². The van der Waals surface area contributed by atoms with Crippen molar-refractivity contribution < 1.29 is 13.2 Å². The van der Waals surface area contributed by atoms with E-state index in [1.165, 1.54) is 16.8 Å². The summed E-state index contributed by atoms with van der Waals surface area (Å²) < 4.78 is 42.1. The monoisotopic (exact) mass is 472 g/mol. The highest BCUT2D eigenvalue weighted by atomic mass is 35.5. The van der Waals surface area contributed by atoms with Crippen molar-refractivity contribution in [2.75, 3.05) is 0 Å². The van der Waals surface area contributed by atoms with Crippen LogP contribution in [-0.4, -0.2) is 20.1 Å². The van der Waals surface area contributed by atoms with Crippen LogP contribution in [0.2, 0.25) is 5.02 Å². The van der Waals surface area contributed by atoms with Gasteiger partial charge in [0, 0.05) is 35.0 Å². The van der Waals surface area contributed by atoms with Crippen LogP contribution in [0.3, 0.4) is 0 Å². The van der Waals surface area contributed by atoms with Crippen molar-refractivity contribution in [1.29, 1.82) is 0 Å². The summed E-state index contributed by atoms with van der Waals surface area (Å²) >= 11 is 5.99. The van der Waals surface area contributed by atoms with Crippen molar-refractivity contribution in [2.45, 2.75) is 44.4 Å². The zero-order valence-corrected chi connectivity index (χ0v) is 18.3. The van der Waals surface area contributed by atoms with Crippen molar-refractivity contribution in [1.82, 2.24) is 14.3 Å². The zero-order valence-electron chi connectivity index (χ0n) is 17.5. The molecule has 9 heteroatoms. The van der Waals surface area contributed by atoms with Gasteiger partial charge in [0.1, 0.15) is 0 Å². The second-order valence-corrected chi connectivity index (χ2v) is 8.84. The Morgan fingerprint density at radius 2 is 1.85 bits per heavy atom. The van der Waals surface area contributed by atoms with Gasteiger partial charge in [-0.1, -0.05) is 29.8 Å². The predicted octanol–water partition coefficient (Wildman–Crippen LogP) is 5.69. The van der Waals surface area contributed by atoms with Gasteiger partial charge in [-0.15, -0.1) is 5.10 Å². The molecule has 5 rings (SSSR count). The smallest absolute Gasteiger partial charge is 0.272 e. The van der Waals surface area contributed by atoms with E-state index >= 15 is 0 Å². The van der Waals surface area contributed by atoms with E-state index in [0.717, 1.165) is 35.8 Å². The maximum Gasteiger partial charge on any atom is 0.416 e. The molecule has 0 unspecified atom stereocenters. The Balaban J connectivity index is 1.31. The van der Waals surface area contributed by atoms with Crippen LogP contribution in [0, 0.1) is 0 Å². The molecular weight excluding hydrogens is 453 g/mol. The van der Waals surface area contributed by atoms with Crippen molar-refractivity contribution in [3.05, 3.63) is 86.9 Å². The Kier molecular flexibility index (Phi) is 5.48. The first-order valence-electron chi connectivity index (χ1n) is 10.6. The number of hydrogen-bond donors (Lipinski definition) is 0. The molecule has 1 aromatic heterocycles. The Bertz CT molecular complexity index is 1310. The fourth-order valence-electron chi connectivity index (χ4n) is 4.01. The average Bonchev–Trinajstić information content (AvgIpc) is 3.43. The second-order valence-electron chi connectivity index (χ2n) is 8.41. The summed E-state index contributed by atoms with van der Waals surface area (Å²) in [5.41, 5.74) is 2.20. The van der Waals surface area contributed by atoms with Gasteiger partial charge in [-0.05, 0) is 60.7 Å². The lowest BCUT2D eigenvalue weighted by atomic mass is 10.0. The van der Waals surface area contributed by atoms with Gasteiger partial charge in [0.25, 0.3) is 0 Å². The molecule has 5 nitrogen and oxygen atoms in total. The average molecular weight is 473 g/mol. The van der Waals surface area contributed by atoms with E-state index in [1.54, 1.807) is 29.0 Å². The quantitative estimate of drug-likeness (QED) is 0.462. The highest BCUT2D eigenvalue weighted by Gasteiger charge is 2.31. The van der Waals surface area contributed by atoms with E-state index in [-0.39, 0.29) is 18.3 Å². The maximum absolute atomic E-state index is 13.1. The topological polar surface area (TPSA) is 52.2 Å². The van der Waals surface area contributed by atoms with Crippen LogP contribution >= 0.6 is 11.6 Å². The number of hydrogen-bond acceptors (Lipinski definition) is 3. The van der Waals surface area contributed by atoms with Gasteiger partial charge in [-0.3, -0.25) is 9.56 Å². The Morgan fingerprint density at radius 3 is 2.55 bits per heavy atom. The molecule has 2 heterocycles. The molecule has 0 atom stereocenters. The molecule has 1 saturated carbocycles. The fraction of sp³-hybridized carbons (Fsp3) is 0.292. The number of benzene rings is 2. The first kappa shape index (κ1) is 21.7. The molecule has 0 radical (unpaired) electrons. The SMILES string of the molecule is O=c1n(CC2=NC=C(Cc3cccc(C(F)(F)F)c3)C2)nc(-c2ccc(Cl)cc2)n1C1CC1. The Morgan fingerprint density at radius 1 is 1.09 bits per heavy atom. The van der Waals surface area contributed by atoms with E-state index < -0.39 is 11.7 Å². The van der Waals surface area contributed by atoms with Gasteiger partial charge in [-0.2, -0.15) is 13.2 Å². The number of aliphatic imine (C=N–C) groups is 1. The number of aromatic nitrogens is 3. The third-order valence-electron chi connectivity index (χ3n) is 5.76. The van der Waals surface area contributed by atoms with E-state index in [9.17, 15) is 18.0 Å². The third-order valence-corrected chi connectivity index (χ3v) is 6.02. The summed E-state index contributed by atoms with van der Waals surface area (Å²) in [6, 6.07) is 12.7.